The lowest BCUT2D eigenvalue weighted by molar-refractivity contribution is -0.141. The average Bonchev–Trinajstić information content (AvgIpc) is 3.41. The van der Waals surface area contributed by atoms with E-state index in [1.165, 1.54) is 0 Å². The largest absolute Gasteiger partial charge is 0.295 e. The van der Waals surface area contributed by atoms with Crippen LogP contribution in [-0.2, 0) is 9.59 Å². The van der Waals surface area contributed by atoms with Crippen molar-refractivity contribution >= 4 is 17.5 Å². The number of imidazole rings is 1. The first-order chi connectivity index (χ1) is 17.9. The van der Waals surface area contributed by atoms with E-state index in [2.05, 4.69) is 38.7 Å². The molecule has 0 bridgehead atoms. The van der Waals surface area contributed by atoms with Crippen molar-refractivity contribution in [2.75, 3.05) is 0 Å². The third kappa shape index (κ3) is 3.23. The summed E-state index contributed by atoms with van der Waals surface area (Å²) in [5.41, 5.74) is 0.187. The van der Waals surface area contributed by atoms with Crippen LogP contribution in [0.1, 0.15) is 84.4 Å². The van der Waals surface area contributed by atoms with Crippen LogP contribution in [0.3, 0.4) is 0 Å². The summed E-state index contributed by atoms with van der Waals surface area (Å²) in [5.74, 6) is -0.00826. The quantitative estimate of drug-likeness (QED) is 0.462. The number of nitriles is 1. The highest BCUT2D eigenvalue weighted by Crippen LogP contribution is 2.69. The Morgan fingerprint density at radius 1 is 1.05 bits per heavy atom. The Morgan fingerprint density at radius 2 is 1.79 bits per heavy atom. The van der Waals surface area contributed by atoms with Crippen LogP contribution in [0.25, 0.3) is 0 Å². The molecule has 7 unspecified atom stereocenters. The maximum absolute atomic E-state index is 14.3. The van der Waals surface area contributed by atoms with E-state index in [9.17, 15) is 19.6 Å². The SMILES string of the molecule is CC1C(=O)C(C#N)=CC2(C)C3=CC(=O)C4C(CC[C@@]5(C(=O)n6ccnc6)CCC(C)(C)CC45)C3(C)CCC12. The summed E-state index contributed by atoms with van der Waals surface area (Å²) in [5, 5.41) is 9.76. The van der Waals surface area contributed by atoms with Crippen LogP contribution in [-0.4, -0.2) is 27.0 Å². The molecule has 6 nitrogen and oxygen atoms in total. The molecule has 1 aromatic rings. The molecule has 38 heavy (non-hydrogen) atoms. The van der Waals surface area contributed by atoms with Crippen LogP contribution in [0.2, 0.25) is 0 Å². The third-order valence-corrected chi connectivity index (χ3v) is 11.9. The summed E-state index contributed by atoms with van der Waals surface area (Å²) in [4.78, 5) is 45.4. The van der Waals surface area contributed by atoms with Crippen LogP contribution < -0.4 is 0 Å². The minimum atomic E-state index is -0.546. The van der Waals surface area contributed by atoms with Crippen LogP contribution in [0.5, 0.6) is 0 Å². The maximum Gasteiger partial charge on any atom is 0.238 e. The van der Waals surface area contributed by atoms with Crippen LogP contribution >= 0.6 is 0 Å². The van der Waals surface area contributed by atoms with Crippen molar-refractivity contribution in [3.63, 3.8) is 0 Å². The van der Waals surface area contributed by atoms with Crippen molar-refractivity contribution in [3.05, 3.63) is 42.0 Å². The van der Waals surface area contributed by atoms with Crippen LogP contribution in [0, 0.1) is 62.6 Å². The molecule has 5 aliphatic carbocycles. The summed E-state index contributed by atoms with van der Waals surface area (Å²) >= 11 is 0. The van der Waals surface area contributed by atoms with E-state index in [4.69, 9.17) is 0 Å². The number of hydrogen-bond acceptors (Lipinski definition) is 5. The second-order valence-electron chi connectivity index (χ2n) is 14.2. The average molecular weight is 514 g/mol. The number of ketones is 2. The number of allylic oxidation sites excluding steroid dienone is 4. The fraction of sp³-hybridized carbons (Fsp3) is 0.656. The summed E-state index contributed by atoms with van der Waals surface area (Å²) in [6, 6.07) is 2.15. The van der Waals surface area contributed by atoms with Gasteiger partial charge >= 0.3 is 0 Å². The van der Waals surface area contributed by atoms with Gasteiger partial charge in [0.1, 0.15) is 12.4 Å². The third-order valence-electron chi connectivity index (χ3n) is 11.9. The van der Waals surface area contributed by atoms with Crippen molar-refractivity contribution in [3.8, 4) is 6.07 Å². The van der Waals surface area contributed by atoms with E-state index in [1.54, 1.807) is 23.3 Å². The molecule has 0 radical (unpaired) electrons. The van der Waals surface area contributed by atoms with Gasteiger partial charge in [-0.2, -0.15) is 5.26 Å². The molecule has 6 rings (SSSR count). The van der Waals surface area contributed by atoms with Crippen molar-refractivity contribution < 1.29 is 14.4 Å². The summed E-state index contributed by atoms with van der Waals surface area (Å²) in [7, 11) is 0. The lowest BCUT2D eigenvalue weighted by atomic mass is 9.39. The highest BCUT2D eigenvalue weighted by atomic mass is 16.2. The Morgan fingerprint density at radius 3 is 2.47 bits per heavy atom. The van der Waals surface area contributed by atoms with Crippen molar-refractivity contribution in [1.82, 2.24) is 9.55 Å². The van der Waals surface area contributed by atoms with E-state index < -0.39 is 10.8 Å². The first-order valence-corrected chi connectivity index (χ1v) is 14.3. The molecule has 0 spiro atoms. The molecule has 0 amide bonds. The minimum Gasteiger partial charge on any atom is -0.295 e. The number of hydrogen-bond donors (Lipinski definition) is 0. The van der Waals surface area contributed by atoms with E-state index in [0.29, 0.717) is 0 Å². The van der Waals surface area contributed by atoms with Gasteiger partial charge in [0, 0.05) is 29.6 Å². The summed E-state index contributed by atoms with van der Waals surface area (Å²) < 4.78 is 1.64. The smallest absolute Gasteiger partial charge is 0.238 e. The molecule has 0 aromatic carbocycles. The number of rotatable bonds is 1. The molecule has 1 heterocycles. The zero-order valence-corrected chi connectivity index (χ0v) is 23.3. The van der Waals surface area contributed by atoms with Crippen molar-refractivity contribution in [1.29, 1.82) is 5.26 Å². The van der Waals surface area contributed by atoms with Gasteiger partial charge in [0.2, 0.25) is 5.91 Å². The zero-order valence-electron chi connectivity index (χ0n) is 23.3. The topological polar surface area (TPSA) is 92.8 Å². The normalized spacial score (nSPS) is 43.4. The van der Waals surface area contributed by atoms with E-state index in [-0.39, 0.29) is 63.5 Å². The number of nitrogens with zero attached hydrogens (tertiary/aromatic N) is 3. The monoisotopic (exact) mass is 513 g/mol. The van der Waals surface area contributed by atoms with Gasteiger partial charge in [-0.05, 0) is 79.6 Å². The predicted octanol–water partition coefficient (Wildman–Crippen LogP) is 5.96. The first kappa shape index (κ1) is 25.5. The Hall–Kier alpha value is -2.81. The fourth-order valence-corrected chi connectivity index (χ4v) is 9.90. The molecule has 1 aromatic heterocycles. The highest BCUT2D eigenvalue weighted by Gasteiger charge is 2.66. The zero-order chi connectivity index (χ0) is 27.3. The van der Waals surface area contributed by atoms with Crippen molar-refractivity contribution in [2.24, 2.45) is 51.2 Å². The number of fused-ring (bicyclic) bond motifs is 7. The second-order valence-corrected chi connectivity index (χ2v) is 14.2. The molecule has 0 aliphatic heterocycles. The molecule has 3 fully saturated rings. The van der Waals surface area contributed by atoms with E-state index in [1.807, 2.05) is 19.1 Å². The van der Waals surface area contributed by atoms with Gasteiger partial charge in [0.05, 0.1) is 11.0 Å². The number of aromatic nitrogens is 2. The molecular weight excluding hydrogens is 474 g/mol. The molecule has 5 aliphatic rings. The summed E-state index contributed by atoms with van der Waals surface area (Å²) in [6.45, 7) is 11.0. The molecular formula is C32H39N3O3. The molecule has 6 heteroatoms. The number of Topliss-reactive ketones (excluding diaryl/α,β-unsaturated/α-hetero) is 1. The van der Waals surface area contributed by atoms with E-state index in [0.717, 1.165) is 50.5 Å². The highest BCUT2D eigenvalue weighted by molar-refractivity contribution is 6.02. The molecule has 200 valence electrons. The Bertz CT molecular complexity index is 1330. The molecule has 8 atom stereocenters. The fourth-order valence-electron chi connectivity index (χ4n) is 9.90. The minimum absolute atomic E-state index is 0.00961. The maximum atomic E-state index is 14.3. The number of carbonyl (C=O) groups excluding carboxylic acids is 3. The second kappa shape index (κ2) is 8.10. The lowest BCUT2D eigenvalue weighted by Crippen LogP contribution is -2.61. The summed E-state index contributed by atoms with van der Waals surface area (Å²) in [6.07, 6.45) is 14.9. The Balaban J connectivity index is 1.48. The first-order valence-electron chi connectivity index (χ1n) is 14.3. The van der Waals surface area contributed by atoms with Gasteiger partial charge in [-0.1, -0.05) is 46.3 Å². The van der Waals surface area contributed by atoms with Gasteiger partial charge in [-0.15, -0.1) is 0 Å². The van der Waals surface area contributed by atoms with Gasteiger partial charge in [-0.3, -0.25) is 19.0 Å². The predicted molar refractivity (Wildman–Crippen MR) is 143 cm³/mol. The van der Waals surface area contributed by atoms with Gasteiger partial charge in [0.25, 0.3) is 0 Å². The standard InChI is InChI=1S/C32H39N3O3/c1-19-21-6-8-30(4)22-7-9-32(28(38)35-13-12-34-18-35)11-10-29(2,3)16-23(32)26(22)24(36)14-25(30)31(21,5)15-20(17-33)27(19)37/h12-15,18-19,21-23,26H,6-11,16H2,1-5H3/t19?,21?,22?,23?,26?,30?,31?,32-/m1/s1. The Labute approximate surface area is 225 Å². The number of carbonyl (C=O) groups is 3. The van der Waals surface area contributed by atoms with E-state index >= 15 is 0 Å². The van der Waals surface area contributed by atoms with Crippen molar-refractivity contribution in [2.45, 2.75) is 79.6 Å². The molecule has 0 saturated heterocycles. The Kier molecular flexibility index (Phi) is 5.43. The van der Waals surface area contributed by atoms with Crippen LogP contribution in [0.4, 0.5) is 0 Å². The lowest BCUT2D eigenvalue weighted by Gasteiger charge is -2.64. The molecule has 0 N–H and O–H groups in total. The van der Waals surface area contributed by atoms with Crippen LogP contribution in [0.15, 0.2) is 42.0 Å². The van der Waals surface area contributed by atoms with Gasteiger partial charge in [-0.25, -0.2) is 4.98 Å². The van der Waals surface area contributed by atoms with Gasteiger partial charge < -0.3 is 0 Å². The molecule has 3 saturated carbocycles. The van der Waals surface area contributed by atoms with Gasteiger partial charge in [0.15, 0.2) is 11.6 Å².